The number of aromatic nitrogens is 3. The predicted octanol–water partition coefficient (Wildman–Crippen LogP) is 4.54. The van der Waals surface area contributed by atoms with Gasteiger partial charge in [0.25, 0.3) is 0 Å². The summed E-state index contributed by atoms with van der Waals surface area (Å²) in [5, 5.41) is 13.2. The van der Waals surface area contributed by atoms with Crippen LogP contribution < -0.4 is 14.8 Å². The van der Waals surface area contributed by atoms with Crippen molar-refractivity contribution in [2.24, 2.45) is 0 Å². The minimum Gasteiger partial charge on any atom is -0.454 e. The monoisotopic (exact) mass is 562 g/mol. The van der Waals surface area contributed by atoms with Crippen molar-refractivity contribution in [1.29, 1.82) is 0 Å². The molecule has 3 aromatic rings. The molecule has 206 valence electrons. The SMILES string of the molecule is O=C(CC(Cc1nnc(CCCc2ccc3c(n2)NCCC3)s1)c1ccc2c(c1)OCO2)OC(=O)C(F)(F)F. The van der Waals surface area contributed by atoms with Crippen molar-refractivity contribution in [3.63, 3.8) is 0 Å². The smallest absolute Gasteiger partial charge is 0.454 e. The third-order valence-corrected chi connectivity index (χ3v) is 7.43. The van der Waals surface area contributed by atoms with Crippen molar-refractivity contribution in [1.82, 2.24) is 15.2 Å². The Bertz CT molecular complexity index is 1360. The maximum Gasteiger partial charge on any atom is 0.491 e. The first-order chi connectivity index (χ1) is 18.7. The van der Waals surface area contributed by atoms with E-state index in [9.17, 15) is 22.8 Å². The van der Waals surface area contributed by atoms with Gasteiger partial charge in [-0.2, -0.15) is 13.2 Å². The van der Waals surface area contributed by atoms with Gasteiger partial charge in [-0.05, 0) is 55.0 Å². The van der Waals surface area contributed by atoms with E-state index in [1.54, 1.807) is 18.2 Å². The Balaban J connectivity index is 1.22. The van der Waals surface area contributed by atoms with Gasteiger partial charge in [0.15, 0.2) is 11.5 Å². The number of carbonyl (C=O) groups excluding carboxylic acids is 2. The number of ether oxygens (including phenoxy) is 3. The maximum atomic E-state index is 12.6. The average molecular weight is 563 g/mol. The molecule has 39 heavy (non-hydrogen) atoms. The zero-order chi connectivity index (χ0) is 27.4. The van der Waals surface area contributed by atoms with Crippen LogP contribution in [0.2, 0.25) is 0 Å². The Labute approximate surface area is 225 Å². The molecule has 1 unspecified atom stereocenters. The first kappa shape index (κ1) is 26.9. The number of nitrogens with one attached hydrogen (secondary N) is 1. The quantitative estimate of drug-likeness (QED) is 0.297. The largest absolute Gasteiger partial charge is 0.491 e. The Hall–Kier alpha value is -3.74. The fraction of sp³-hybridized carbons (Fsp3) is 0.423. The molecule has 0 spiro atoms. The van der Waals surface area contributed by atoms with Gasteiger partial charge in [-0.25, -0.2) is 9.78 Å². The number of rotatable bonds is 9. The van der Waals surface area contributed by atoms with E-state index in [4.69, 9.17) is 14.5 Å². The molecule has 1 aromatic carbocycles. The highest BCUT2D eigenvalue weighted by molar-refractivity contribution is 7.11. The molecule has 0 aliphatic carbocycles. The molecule has 0 fully saturated rings. The third-order valence-electron chi connectivity index (χ3n) is 6.42. The number of nitrogens with zero attached hydrogens (tertiary/aromatic N) is 3. The second-order valence-electron chi connectivity index (χ2n) is 9.26. The Morgan fingerprint density at radius 3 is 2.74 bits per heavy atom. The summed E-state index contributed by atoms with van der Waals surface area (Å²) in [6, 6.07) is 9.19. The van der Waals surface area contributed by atoms with E-state index in [0.29, 0.717) is 28.5 Å². The summed E-state index contributed by atoms with van der Waals surface area (Å²) in [6.07, 6.45) is -1.09. The van der Waals surface area contributed by atoms with Crippen molar-refractivity contribution in [3.8, 4) is 11.5 Å². The fourth-order valence-corrected chi connectivity index (χ4v) is 5.46. The van der Waals surface area contributed by atoms with Gasteiger partial charge in [0.1, 0.15) is 15.8 Å². The van der Waals surface area contributed by atoms with Crippen molar-refractivity contribution >= 4 is 29.1 Å². The van der Waals surface area contributed by atoms with Crippen molar-refractivity contribution in [2.45, 2.75) is 57.0 Å². The standard InChI is InChI=1S/C26H25F3N4O5S/c27-26(28,29)25(35)38-23(34)13-17(16-7-9-19-20(11-16)37-14-36-19)12-22-33-32-21(39-22)5-1-4-18-8-6-15-3-2-10-30-24(15)31-18/h6-9,11,17H,1-5,10,12-14H2,(H,30,31). The number of carbonyl (C=O) groups is 2. The molecular formula is C26H25F3N4O5S. The average Bonchev–Trinajstić information content (AvgIpc) is 3.56. The summed E-state index contributed by atoms with van der Waals surface area (Å²) in [4.78, 5) is 28.1. The van der Waals surface area contributed by atoms with Gasteiger partial charge in [0.05, 0.1) is 6.42 Å². The van der Waals surface area contributed by atoms with Gasteiger partial charge in [0.2, 0.25) is 6.79 Å². The molecular weight excluding hydrogens is 537 g/mol. The summed E-state index contributed by atoms with van der Waals surface area (Å²) < 4.78 is 52.5. The Kier molecular flexibility index (Phi) is 7.96. The number of hydrogen-bond donors (Lipinski definition) is 1. The third kappa shape index (κ3) is 6.83. The first-order valence-electron chi connectivity index (χ1n) is 12.5. The molecule has 9 nitrogen and oxygen atoms in total. The summed E-state index contributed by atoms with van der Waals surface area (Å²) in [7, 11) is 0. The summed E-state index contributed by atoms with van der Waals surface area (Å²) in [5.41, 5.74) is 2.85. The molecule has 13 heteroatoms. The first-order valence-corrected chi connectivity index (χ1v) is 13.3. The van der Waals surface area contributed by atoms with Crippen LogP contribution in [0.4, 0.5) is 19.0 Å². The number of aryl methyl sites for hydroxylation is 3. The highest BCUT2D eigenvalue weighted by Crippen LogP contribution is 2.37. The van der Waals surface area contributed by atoms with Gasteiger partial charge in [-0.15, -0.1) is 21.5 Å². The van der Waals surface area contributed by atoms with Crippen molar-refractivity contribution < 1.29 is 37.0 Å². The molecule has 1 N–H and O–H groups in total. The fourth-order valence-electron chi connectivity index (χ4n) is 4.49. The zero-order valence-corrected chi connectivity index (χ0v) is 21.6. The Morgan fingerprint density at radius 1 is 1.08 bits per heavy atom. The molecule has 2 aliphatic rings. The van der Waals surface area contributed by atoms with E-state index in [1.165, 1.54) is 16.9 Å². The van der Waals surface area contributed by atoms with E-state index in [1.807, 2.05) is 0 Å². The Morgan fingerprint density at radius 2 is 1.90 bits per heavy atom. The van der Waals surface area contributed by atoms with Gasteiger partial charge in [0, 0.05) is 31.0 Å². The van der Waals surface area contributed by atoms with E-state index < -0.39 is 30.5 Å². The summed E-state index contributed by atoms with van der Waals surface area (Å²) in [5.74, 6) is -2.50. The summed E-state index contributed by atoms with van der Waals surface area (Å²) >= 11 is 1.37. The molecule has 2 aromatic heterocycles. The normalized spacial score (nSPS) is 14.8. The van der Waals surface area contributed by atoms with Crippen LogP contribution >= 0.6 is 11.3 Å². The van der Waals surface area contributed by atoms with Crippen LogP contribution in [0.25, 0.3) is 0 Å². The highest BCUT2D eigenvalue weighted by atomic mass is 32.1. The van der Waals surface area contributed by atoms with Crippen LogP contribution in [0, 0.1) is 0 Å². The number of esters is 2. The maximum absolute atomic E-state index is 12.6. The van der Waals surface area contributed by atoms with E-state index in [2.05, 4.69) is 32.4 Å². The van der Waals surface area contributed by atoms with Crippen LogP contribution in [-0.4, -0.2) is 46.6 Å². The van der Waals surface area contributed by atoms with E-state index in [0.717, 1.165) is 48.7 Å². The van der Waals surface area contributed by atoms with Crippen molar-refractivity contribution in [2.75, 3.05) is 18.7 Å². The molecule has 4 heterocycles. The zero-order valence-electron chi connectivity index (χ0n) is 20.8. The lowest BCUT2D eigenvalue weighted by Crippen LogP contribution is -2.28. The summed E-state index contributed by atoms with van der Waals surface area (Å²) in [6.45, 7) is 0.976. The van der Waals surface area contributed by atoms with E-state index in [-0.39, 0.29) is 13.2 Å². The van der Waals surface area contributed by atoms with Crippen LogP contribution in [0.5, 0.6) is 11.5 Å². The number of anilines is 1. The number of benzene rings is 1. The van der Waals surface area contributed by atoms with Gasteiger partial charge in [-0.1, -0.05) is 12.1 Å². The molecule has 2 aliphatic heterocycles. The molecule has 0 bridgehead atoms. The molecule has 0 saturated heterocycles. The minimum atomic E-state index is -5.26. The molecule has 0 radical (unpaired) electrons. The van der Waals surface area contributed by atoms with Crippen LogP contribution in [0.15, 0.2) is 30.3 Å². The molecule has 0 amide bonds. The topological polar surface area (TPSA) is 113 Å². The molecule has 0 saturated carbocycles. The van der Waals surface area contributed by atoms with E-state index >= 15 is 0 Å². The van der Waals surface area contributed by atoms with Gasteiger partial charge in [-0.3, -0.25) is 4.79 Å². The molecule has 1 atom stereocenters. The minimum absolute atomic E-state index is 0.0445. The van der Waals surface area contributed by atoms with Crippen LogP contribution in [0.3, 0.4) is 0 Å². The second kappa shape index (κ2) is 11.6. The molecule has 5 rings (SSSR count). The number of halogens is 3. The number of hydrogen-bond acceptors (Lipinski definition) is 10. The lowest BCUT2D eigenvalue weighted by Gasteiger charge is -2.17. The van der Waals surface area contributed by atoms with Crippen LogP contribution in [0.1, 0.15) is 52.0 Å². The number of pyridine rings is 1. The lowest BCUT2D eigenvalue weighted by atomic mass is 9.92. The second-order valence-corrected chi connectivity index (χ2v) is 10.4. The van der Waals surface area contributed by atoms with Crippen molar-refractivity contribution in [3.05, 3.63) is 57.2 Å². The van der Waals surface area contributed by atoms with Gasteiger partial charge < -0.3 is 19.5 Å². The predicted molar refractivity (Wildman–Crippen MR) is 134 cm³/mol. The number of fused-ring (bicyclic) bond motifs is 2. The lowest BCUT2D eigenvalue weighted by molar-refractivity contribution is -0.202. The number of alkyl halides is 3. The van der Waals surface area contributed by atoms with Crippen LogP contribution in [-0.2, 0) is 40.0 Å². The van der Waals surface area contributed by atoms with Gasteiger partial charge >= 0.3 is 18.1 Å². The highest BCUT2D eigenvalue weighted by Gasteiger charge is 2.42.